The molecule has 1 aliphatic rings. The fourth-order valence-corrected chi connectivity index (χ4v) is 2.48. The Morgan fingerprint density at radius 3 is 2.95 bits per heavy atom. The number of likely N-dealkylation sites (tertiary alicyclic amines) is 1. The summed E-state index contributed by atoms with van der Waals surface area (Å²) in [5.74, 6) is -0.0511. The van der Waals surface area contributed by atoms with E-state index in [-0.39, 0.29) is 17.7 Å². The number of amides is 2. The van der Waals surface area contributed by atoms with Crippen LogP contribution in [0.15, 0.2) is 12.3 Å². The molecule has 6 nitrogen and oxygen atoms in total. The topological polar surface area (TPSA) is 67.2 Å². The van der Waals surface area contributed by atoms with Crippen molar-refractivity contribution in [3.63, 3.8) is 0 Å². The highest BCUT2D eigenvalue weighted by molar-refractivity contribution is 5.93. The highest BCUT2D eigenvalue weighted by Crippen LogP contribution is 2.19. The molecule has 20 heavy (non-hydrogen) atoms. The second-order valence-electron chi connectivity index (χ2n) is 5.06. The van der Waals surface area contributed by atoms with E-state index in [1.165, 1.54) is 0 Å². The van der Waals surface area contributed by atoms with E-state index < -0.39 is 0 Å². The normalized spacial score (nSPS) is 18.3. The molecule has 6 heteroatoms. The zero-order valence-electron chi connectivity index (χ0n) is 12.1. The number of hydrogen-bond acceptors (Lipinski definition) is 3. The van der Waals surface area contributed by atoms with Crippen LogP contribution >= 0.6 is 0 Å². The summed E-state index contributed by atoms with van der Waals surface area (Å²) in [5, 5.41) is 7.01. The molecule has 2 amide bonds. The molecular formula is C14H22N4O2. The number of nitrogens with zero attached hydrogens (tertiary/aromatic N) is 3. The van der Waals surface area contributed by atoms with Crippen molar-refractivity contribution in [1.82, 2.24) is 20.0 Å². The molecule has 1 aliphatic heterocycles. The predicted octanol–water partition coefficient (Wildman–Crippen LogP) is 0.891. The number of aryl methyl sites for hydroxylation is 1. The Hall–Kier alpha value is -1.85. The van der Waals surface area contributed by atoms with Crippen LogP contribution in [0.25, 0.3) is 0 Å². The first kappa shape index (κ1) is 14.6. The van der Waals surface area contributed by atoms with Crippen molar-refractivity contribution < 1.29 is 9.59 Å². The molecule has 2 rings (SSSR count). The molecule has 0 radical (unpaired) electrons. The molecule has 1 aromatic heterocycles. The van der Waals surface area contributed by atoms with E-state index in [2.05, 4.69) is 10.4 Å². The minimum absolute atomic E-state index is 0.0323. The first-order valence-electron chi connectivity index (χ1n) is 7.26. The Morgan fingerprint density at radius 2 is 2.25 bits per heavy atom. The van der Waals surface area contributed by atoms with Crippen molar-refractivity contribution in [3.8, 4) is 0 Å². The number of carbonyl (C=O) groups is 2. The zero-order chi connectivity index (χ0) is 14.5. The molecule has 0 spiro atoms. The minimum atomic E-state index is -0.0801. The van der Waals surface area contributed by atoms with Crippen LogP contribution < -0.4 is 5.32 Å². The summed E-state index contributed by atoms with van der Waals surface area (Å²) < 4.78 is 1.69. The van der Waals surface area contributed by atoms with Crippen LogP contribution in [-0.2, 0) is 11.3 Å². The van der Waals surface area contributed by atoms with Crippen molar-refractivity contribution in [1.29, 1.82) is 0 Å². The molecule has 1 N–H and O–H groups in total. The van der Waals surface area contributed by atoms with E-state index in [9.17, 15) is 9.59 Å². The van der Waals surface area contributed by atoms with Crippen LogP contribution in [0.3, 0.4) is 0 Å². The maximum absolute atomic E-state index is 12.4. The smallest absolute Gasteiger partial charge is 0.272 e. The monoisotopic (exact) mass is 278 g/mol. The molecule has 1 atom stereocenters. The third-order valence-corrected chi connectivity index (χ3v) is 3.63. The lowest BCUT2D eigenvalue weighted by Gasteiger charge is -2.17. The van der Waals surface area contributed by atoms with E-state index in [1.54, 1.807) is 21.8 Å². The fourth-order valence-electron chi connectivity index (χ4n) is 2.48. The summed E-state index contributed by atoms with van der Waals surface area (Å²) in [6.07, 6.45) is 3.30. The fraction of sp³-hybridized carbons (Fsp3) is 0.643. The third-order valence-electron chi connectivity index (χ3n) is 3.63. The Bertz CT molecular complexity index is 483. The van der Waals surface area contributed by atoms with Gasteiger partial charge in [-0.3, -0.25) is 14.3 Å². The maximum Gasteiger partial charge on any atom is 0.272 e. The molecule has 0 unspecified atom stereocenters. The van der Waals surface area contributed by atoms with Crippen molar-refractivity contribution in [2.24, 2.45) is 5.92 Å². The van der Waals surface area contributed by atoms with Gasteiger partial charge in [0.05, 0.1) is 5.92 Å². The van der Waals surface area contributed by atoms with E-state index in [4.69, 9.17) is 0 Å². The molecule has 1 fully saturated rings. The van der Waals surface area contributed by atoms with E-state index >= 15 is 0 Å². The predicted molar refractivity (Wildman–Crippen MR) is 75.2 cm³/mol. The molecule has 1 saturated heterocycles. The van der Waals surface area contributed by atoms with Crippen molar-refractivity contribution in [2.75, 3.05) is 19.6 Å². The van der Waals surface area contributed by atoms with Gasteiger partial charge in [-0.05, 0) is 25.8 Å². The second-order valence-corrected chi connectivity index (χ2v) is 5.06. The van der Waals surface area contributed by atoms with Crippen LogP contribution in [-0.4, -0.2) is 46.1 Å². The SMILES string of the molecule is CCCNC(=O)[C@@H]1CCN(C(=O)c2ccnn2CC)C1. The van der Waals surface area contributed by atoms with Gasteiger partial charge in [0, 0.05) is 32.4 Å². The maximum atomic E-state index is 12.4. The Kier molecular flexibility index (Phi) is 4.76. The van der Waals surface area contributed by atoms with Gasteiger partial charge in [-0.1, -0.05) is 6.92 Å². The zero-order valence-corrected chi connectivity index (χ0v) is 12.1. The van der Waals surface area contributed by atoms with Crippen LogP contribution in [0, 0.1) is 5.92 Å². The van der Waals surface area contributed by atoms with Gasteiger partial charge < -0.3 is 10.2 Å². The Balaban J connectivity index is 1.95. The summed E-state index contributed by atoms with van der Waals surface area (Å²) in [6, 6.07) is 1.73. The molecular weight excluding hydrogens is 256 g/mol. The van der Waals surface area contributed by atoms with Crippen LogP contribution in [0.1, 0.15) is 37.2 Å². The summed E-state index contributed by atoms with van der Waals surface area (Å²) >= 11 is 0. The average Bonchev–Trinajstić information content (AvgIpc) is 3.12. The average molecular weight is 278 g/mol. The molecule has 110 valence electrons. The molecule has 1 aromatic rings. The molecule has 2 heterocycles. The summed E-state index contributed by atoms with van der Waals surface area (Å²) in [4.78, 5) is 26.1. The van der Waals surface area contributed by atoms with Crippen molar-refractivity contribution >= 4 is 11.8 Å². The Labute approximate surface area is 119 Å². The van der Waals surface area contributed by atoms with E-state index in [0.717, 1.165) is 12.8 Å². The Morgan fingerprint density at radius 1 is 1.45 bits per heavy atom. The molecule has 0 aliphatic carbocycles. The van der Waals surface area contributed by atoms with E-state index in [1.807, 2.05) is 13.8 Å². The quantitative estimate of drug-likeness (QED) is 0.870. The van der Waals surface area contributed by atoms with Crippen molar-refractivity contribution in [3.05, 3.63) is 18.0 Å². The lowest BCUT2D eigenvalue weighted by atomic mass is 10.1. The minimum Gasteiger partial charge on any atom is -0.356 e. The van der Waals surface area contributed by atoms with Gasteiger partial charge in [-0.25, -0.2) is 0 Å². The summed E-state index contributed by atoms with van der Waals surface area (Å²) in [6.45, 7) is 6.49. The number of hydrogen-bond donors (Lipinski definition) is 1. The number of aromatic nitrogens is 2. The third kappa shape index (κ3) is 3.00. The van der Waals surface area contributed by atoms with Crippen LogP contribution in [0.2, 0.25) is 0 Å². The summed E-state index contributed by atoms with van der Waals surface area (Å²) in [7, 11) is 0. The van der Waals surface area contributed by atoms with Gasteiger partial charge in [0.2, 0.25) is 5.91 Å². The van der Waals surface area contributed by atoms with Gasteiger partial charge in [0.15, 0.2) is 0 Å². The van der Waals surface area contributed by atoms with Gasteiger partial charge in [0.1, 0.15) is 5.69 Å². The van der Waals surface area contributed by atoms with Crippen LogP contribution in [0.5, 0.6) is 0 Å². The standard InChI is InChI=1S/C14H22N4O2/c1-3-7-15-13(19)11-6-9-17(10-11)14(20)12-5-8-16-18(12)4-2/h5,8,11H,3-4,6-7,9-10H2,1-2H3,(H,15,19)/t11-/m1/s1. The molecule has 0 saturated carbocycles. The van der Waals surface area contributed by atoms with Crippen LogP contribution in [0.4, 0.5) is 0 Å². The first-order chi connectivity index (χ1) is 9.67. The first-order valence-corrected chi connectivity index (χ1v) is 7.26. The van der Waals surface area contributed by atoms with Gasteiger partial charge in [-0.2, -0.15) is 5.10 Å². The van der Waals surface area contributed by atoms with Gasteiger partial charge in [-0.15, -0.1) is 0 Å². The lowest BCUT2D eigenvalue weighted by molar-refractivity contribution is -0.124. The lowest BCUT2D eigenvalue weighted by Crippen LogP contribution is -2.35. The molecule has 0 aromatic carbocycles. The number of nitrogens with one attached hydrogen (secondary N) is 1. The highest BCUT2D eigenvalue weighted by Gasteiger charge is 2.32. The van der Waals surface area contributed by atoms with E-state index in [0.29, 0.717) is 31.9 Å². The second kappa shape index (κ2) is 6.54. The number of carbonyl (C=O) groups excluding carboxylic acids is 2. The largest absolute Gasteiger partial charge is 0.356 e. The van der Waals surface area contributed by atoms with Crippen molar-refractivity contribution in [2.45, 2.75) is 33.2 Å². The van der Waals surface area contributed by atoms with Gasteiger partial charge >= 0.3 is 0 Å². The molecule has 0 bridgehead atoms. The van der Waals surface area contributed by atoms with Gasteiger partial charge in [0.25, 0.3) is 5.91 Å². The number of rotatable bonds is 5. The highest BCUT2D eigenvalue weighted by atomic mass is 16.2. The summed E-state index contributed by atoms with van der Waals surface area (Å²) in [5.41, 5.74) is 0.599.